The first kappa shape index (κ1) is 14.1. The molecule has 3 rings (SSSR count). The number of nitrogens with two attached hydrogens (primary N) is 1. The Balaban J connectivity index is 1.91. The summed E-state index contributed by atoms with van der Waals surface area (Å²) in [4.78, 5) is 13.9. The molecule has 1 aromatic heterocycles. The Morgan fingerprint density at radius 1 is 1.43 bits per heavy atom. The van der Waals surface area contributed by atoms with E-state index < -0.39 is 0 Å². The van der Waals surface area contributed by atoms with E-state index in [9.17, 15) is 4.79 Å². The SMILES string of the molecule is Cn1ncc(Cl)c1CN1Cc2ccccc2C[C@@H]1C(N)=O. The first-order valence-electron chi connectivity index (χ1n) is 6.83. The van der Waals surface area contributed by atoms with Crippen LogP contribution >= 0.6 is 11.6 Å². The number of nitrogens with zero attached hydrogens (tertiary/aromatic N) is 3. The lowest BCUT2D eigenvalue weighted by atomic mass is 9.93. The molecule has 21 heavy (non-hydrogen) atoms. The number of fused-ring (bicyclic) bond motifs is 1. The molecule has 2 N–H and O–H groups in total. The molecule has 2 heterocycles. The number of hydrogen-bond donors (Lipinski definition) is 1. The van der Waals surface area contributed by atoms with E-state index in [0.29, 0.717) is 24.5 Å². The van der Waals surface area contributed by atoms with Crippen molar-refractivity contribution in [3.63, 3.8) is 0 Å². The van der Waals surface area contributed by atoms with E-state index in [4.69, 9.17) is 17.3 Å². The molecule has 6 heteroatoms. The minimum absolute atomic E-state index is 0.303. The van der Waals surface area contributed by atoms with Crippen LogP contribution in [-0.4, -0.2) is 26.6 Å². The molecule has 0 saturated carbocycles. The van der Waals surface area contributed by atoms with Crippen LogP contribution in [0.4, 0.5) is 0 Å². The molecule has 0 radical (unpaired) electrons. The summed E-state index contributed by atoms with van der Waals surface area (Å²) < 4.78 is 1.74. The molecule has 1 aliphatic rings. The molecule has 0 spiro atoms. The van der Waals surface area contributed by atoms with E-state index in [0.717, 1.165) is 5.69 Å². The molecule has 0 unspecified atom stereocenters. The maximum atomic E-state index is 11.8. The highest BCUT2D eigenvalue weighted by molar-refractivity contribution is 6.31. The van der Waals surface area contributed by atoms with Crippen molar-refractivity contribution in [1.29, 1.82) is 0 Å². The molecule has 0 bridgehead atoms. The Hall–Kier alpha value is -1.85. The van der Waals surface area contributed by atoms with Crippen LogP contribution in [-0.2, 0) is 31.4 Å². The molecular formula is C15H17ClN4O. The van der Waals surface area contributed by atoms with Gasteiger partial charge in [-0.05, 0) is 17.5 Å². The van der Waals surface area contributed by atoms with Crippen molar-refractivity contribution in [3.05, 3.63) is 52.3 Å². The third kappa shape index (κ3) is 2.66. The zero-order valence-corrected chi connectivity index (χ0v) is 12.5. The van der Waals surface area contributed by atoms with Crippen LogP contribution < -0.4 is 5.73 Å². The van der Waals surface area contributed by atoms with Gasteiger partial charge in [-0.15, -0.1) is 0 Å². The van der Waals surface area contributed by atoms with Crippen LogP contribution in [0.25, 0.3) is 0 Å². The largest absolute Gasteiger partial charge is 0.368 e. The van der Waals surface area contributed by atoms with Gasteiger partial charge in [-0.25, -0.2) is 0 Å². The molecule has 1 atom stereocenters. The maximum absolute atomic E-state index is 11.8. The highest BCUT2D eigenvalue weighted by atomic mass is 35.5. The fourth-order valence-corrected chi connectivity index (χ4v) is 3.06. The second-order valence-corrected chi connectivity index (χ2v) is 5.77. The zero-order chi connectivity index (χ0) is 15.0. The minimum Gasteiger partial charge on any atom is -0.368 e. The zero-order valence-electron chi connectivity index (χ0n) is 11.8. The van der Waals surface area contributed by atoms with Gasteiger partial charge in [0.1, 0.15) is 0 Å². The molecule has 0 saturated heterocycles. The van der Waals surface area contributed by atoms with E-state index in [1.165, 1.54) is 11.1 Å². The van der Waals surface area contributed by atoms with Gasteiger partial charge in [0.2, 0.25) is 5.91 Å². The van der Waals surface area contributed by atoms with Gasteiger partial charge in [0.15, 0.2) is 0 Å². The van der Waals surface area contributed by atoms with E-state index in [1.54, 1.807) is 10.9 Å². The Kier molecular flexibility index (Phi) is 3.69. The number of benzene rings is 1. The summed E-state index contributed by atoms with van der Waals surface area (Å²) in [6, 6.07) is 7.83. The average Bonchev–Trinajstić information content (AvgIpc) is 2.78. The second-order valence-electron chi connectivity index (χ2n) is 5.36. The molecule has 1 aliphatic heterocycles. The van der Waals surface area contributed by atoms with Gasteiger partial charge in [-0.2, -0.15) is 5.10 Å². The quantitative estimate of drug-likeness (QED) is 0.934. The van der Waals surface area contributed by atoms with Crippen LogP contribution in [0.1, 0.15) is 16.8 Å². The molecule has 1 amide bonds. The van der Waals surface area contributed by atoms with E-state index in [1.807, 2.05) is 19.2 Å². The highest BCUT2D eigenvalue weighted by Crippen LogP contribution is 2.26. The number of halogens is 1. The molecule has 1 aromatic carbocycles. The molecule has 110 valence electrons. The van der Waals surface area contributed by atoms with Crippen LogP contribution in [0, 0.1) is 0 Å². The van der Waals surface area contributed by atoms with Gasteiger partial charge in [0, 0.05) is 20.1 Å². The minimum atomic E-state index is -0.314. The number of carbonyl (C=O) groups is 1. The van der Waals surface area contributed by atoms with Crippen molar-refractivity contribution >= 4 is 17.5 Å². The first-order chi connectivity index (χ1) is 10.1. The second kappa shape index (κ2) is 5.50. The van der Waals surface area contributed by atoms with E-state index in [-0.39, 0.29) is 11.9 Å². The average molecular weight is 305 g/mol. The summed E-state index contributed by atoms with van der Waals surface area (Å²) in [7, 11) is 1.85. The summed E-state index contributed by atoms with van der Waals surface area (Å²) in [5, 5.41) is 4.75. The molecular weight excluding hydrogens is 288 g/mol. The number of primary amides is 1. The molecule has 5 nitrogen and oxygen atoms in total. The lowest BCUT2D eigenvalue weighted by Crippen LogP contribution is -2.48. The normalized spacial score (nSPS) is 18.5. The molecule has 0 aliphatic carbocycles. The van der Waals surface area contributed by atoms with Gasteiger partial charge < -0.3 is 5.73 Å². The predicted octanol–water partition coefficient (Wildman–Crippen LogP) is 1.49. The molecule has 0 fully saturated rings. The van der Waals surface area contributed by atoms with Gasteiger partial charge in [-0.1, -0.05) is 35.9 Å². The van der Waals surface area contributed by atoms with Crippen LogP contribution in [0.3, 0.4) is 0 Å². The van der Waals surface area contributed by atoms with Gasteiger partial charge in [0.05, 0.1) is 23.0 Å². The monoisotopic (exact) mass is 304 g/mol. The topological polar surface area (TPSA) is 64.2 Å². The Morgan fingerprint density at radius 2 is 2.14 bits per heavy atom. The number of amides is 1. The van der Waals surface area contributed by atoms with Crippen molar-refractivity contribution in [2.75, 3.05) is 0 Å². The summed E-state index contributed by atoms with van der Waals surface area (Å²) in [6.07, 6.45) is 2.26. The van der Waals surface area contributed by atoms with Gasteiger partial charge >= 0.3 is 0 Å². The smallest absolute Gasteiger partial charge is 0.235 e. The number of rotatable bonds is 3. The maximum Gasteiger partial charge on any atom is 0.235 e. The van der Waals surface area contributed by atoms with Crippen molar-refractivity contribution in [2.24, 2.45) is 12.8 Å². The predicted molar refractivity (Wildman–Crippen MR) is 80.6 cm³/mol. The number of aromatic nitrogens is 2. The highest BCUT2D eigenvalue weighted by Gasteiger charge is 2.30. The summed E-state index contributed by atoms with van der Waals surface area (Å²) in [5.74, 6) is -0.303. The number of carbonyl (C=O) groups excluding carboxylic acids is 1. The van der Waals surface area contributed by atoms with Crippen molar-refractivity contribution in [3.8, 4) is 0 Å². The fraction of sp³-hybridized carbons (Fsp3) is 0.333. The standard InChI is InChI=1S/C15H17ClN4O/c1-19-14(12(16)7-18-19)9-20-8-11-5-3-2-4-10(11)6-13(20)15(17)21/h2-5,7,13H,6,8-9H2,1H3,(H2,17,21)/t13-/m1/s1. The number of hydrogen-bond acceptors (Lipinski definition) is 3. The summed E-state index contributed by atoms with van der Waals surface area (Å²) in [6.45, 7) is 1.24. The first-order valence-corrected chi connectivity index (χ1v) is 7.20. The lowest BCUT2D eigenvalue weighted by molar-refractivity contribution is -0.124. The summed E-state index contributed by atoms with van der Waals surface area (Å²) >= 11 is 6.17. The van der Waals surface area contributed by atoms with Crippen molar-refractivity contribution in [1.82, 2.24) is 14.7 Å². The Labute approximate surface area is 128 Å². The molecule has 2 aromatic rings. The lowest BCUT2D eigenvalue weighted by Gasteiger charge is -2.35. The summed E-state index contributed by atoms with van der Waals surface area (Å²) in [5.41, 5.74) is 8.89. The third-order valence-electron chi connectivity index (χ3n) is 4.04. The van der Waals surface area contributed by atoms with Crippen LogP contribution in [0.5, 0.6) is 0 Å². The van der Waals surface area contributed by atoms with Crippen molar-refractivity contribution in [2.45, 2.75) is 25.6 Å². The number of aryl methyl sites for hydroxylation is 1. The van der Waals surface area contributed by atoms with Gasteiger partial charge in [0.25, 0.3) is 0 Å². The van der Waals surface area contributed by atoms with Gasteiger partial charge in [-0.3, -0.25) is 14.4 Å². The van der Waals surface area contributed by atoms with E-state index >= 15 is 0 Å². The van der Waals surface area contributed by atoms with Crippen LogP contribution in [0.2, 0.25) is 5.02 Å². The fourth-order valence-electron chi connectivity index (χ4n) is 2.83. The Morgan fingerprint density at radius 3 is 2.76 bits per heavy atom. The van der Waals surface area contributed by atoms with E-state index in [2.05, 4.69) is 22.1 Å². The third-order valence-corrected chi connectivity index (χ3v) is 4.35. The van der Waals surface area contributed by atoms with Crippen LogP contribution in [0.15, 0.2) is 30.5 Å². The van der Waals surface area contributed by atoms with Crippen molar-refractivity contribution < 1.29 is 4.79 Å². The Bertz CT molecular complexity index is 663.